The summed E-state index contributed by atoms with van der Waals surface area (Å²) in [5.41, 5.74) is 3.35. The lowest BCUT2D eigenvalue weighted by atomic mass is 10.1. The predicted octanol–water partition coefficient (Wildman–Crippen LogP) is 4.67. The summed E-state index contributed by atoms with van der Waals surface area (Å²) in [6, 6.07) is 10.5. The fraction of sp³-hybridized carbons (Fsp3) is 0.250. The fourth-order valence-electron chi connectivity index (χ4n) is 3.21. The number of benzene rings is 2. The van der Waals surface area contributed by atoms with Gasteiger partial charge in [0.25, 0.3) is 0 Å². The standard InChI is InChI=1S/C20H17ClFN3O2/c1-11-6-7-13(8-12(11)2)19-23-20(27-24-19)14-9-17(26)25(10-14)16-5-3-4-15(21)18(16)22/h3-8,14H,9-10H2,1-2H3. The molecule has 138 valence electrons. The number of aryl methyl sites for hydroxylation is 2. The average Bonchev–Trinajstić information content (AvgIpc) is 3.27. The molecule has 0 spiro atoms. The summed E-state index contributed by atoms with van der Waals surface area (Å²) in [5.74, 6) is -0.236. The first kappa shape index (κ1) is 17.7. The van der Waals surface area contributed by atoms with Gasteiger partial charge in [-0.05, 0) is 43.2 Å². The highest BCUT2D eigenvalue weighted by Gasteiger charge is 2.36. The molecular formula is C20H17ClFN3O2. The van der Waals surface area contributed by atoms with Crippen LogP contribution in [0.15, 0.2) is 40.9 Å². The number of amides is 1. The molecule has 0 radical (unpaired) electrons. The van der Waals surface area contributed by atoms with E-state index in [1.807, 2.05) is 32.0 Å². The van der Waals surface area contributed by atoms with E-state index in [4.69, 9.17) is 16.1 Å². The first-order valence-corrected chi connectivity index (χ1v) is 8.97. The second-order valence-electron chi connectivity index (χ2n) is 6.73. The number of carbonyl (C=O) groups excluding carboxylic acids is 1. The molecule has 1 aliphatic heterocycles. The largest absolute Gasteiger partial charge is 0.339 e. The summed E-state index contributed by atoms with van der Waals surface area (Å²) in [7, 11) is 0. The molecule has 2 aromatic carbocycles. The maximum absolute atomic E-state index is 14.3. The Kier molecular flexibility index (Phi) is 4.44. The van der Waals surface area contributed by atoms with E-state index in [1.165, 1.54) is 22.6 Å². The van der Waals surface area contributed by atoms with Gasteiger partial charge in [-0.1, -0.05) is 35.0 Å². The second kappa shape index (κ2) is 6.78. The minimum absolute atomic E-state index is 0.0152. The van der Waals surface area contributed by atoms with Crippen molar-refractivity contribution in [3.8, 4) is 11.4 Å². The van der Waals surface area contributed by atoms with Gasteiger partial charge in [-0.3, -0.25) is 4.79 Å². The fourth-order valence-corrected chi connectivity index (χ4v) is 3.38. The normalized spacial score (nSPS) is 17.0. The summed E-state index contributed by atoms with van der Waals surface area (Å²) in [4.78, 5) is 18.2. The Balaban J connectivity index is 1.59. The highest BCUT2D eigenvalue weighted by atomic mass is 35.5. The molecule has 1 aliphatic rings. The third kappa shape index (κ3) is 3.21. The third-order valence-electron chi connectivity index (χ3n) is 4.90. The third-order valence-corrected chi connectivity index (χ3v) is 5.20. The van der Waals surface area contributed by atoms with Gasteiger partial charge in [0.15, 0.2) is 5.82 Å². The smallest absolute Gasteiger partial charge is 0.232 e. The molecule has 1 saturated heterocycles. The van der Waals surface area contributed by atoms with Gasteiger partial charge in [0, 0.05) is 18.5 Å². The molecule has 0 saturated carbocycles. The van der Waals surface area contributed by atoms with E-state index in [9.17, 15) is 9.18 Å². The molecule has 1 aromatic heterocycles. The van der Waals surface area contributed by atoms with Gasteiger partial charge < -0.3 is 9.42 Å². The summed E-state index contributed by atoms with van der Waals surface area (Å²) in [5, 5.41) is 4.03. The van der Waals surface area contributed by atoms with E-state index in [0.29, 0.717) is 11.7 Å². The molecule has 1 atom stereocenters. The molecule has 1 fully saturated rings. The van der Waals surface area contributed by atoms with Crippen molar-refractivity contribution in [1.82, 2.24) is 10.1 Å². The maximum Gasteiger partial charge on any atom is 0.232 e. The van der Waals surface area contributed by atoms with Gasteiger partial charge in [0.2, 0.25) is 17.6 Å². The van der Waals surface area contributed by atoms with Crippen molar-refractivity contribution in [2.24, 2.45) is 0 Å². The van der Waals surface area contributed by atoms with Crippen LogP contribution in [0.3, 0.4) is 0 Å². The van der Waals surface area contributed by atoms with Crippen LogP contribution in [0.1, 0.15) is 29.4 Å². The van der Waals surface area contributed by atoms with E-state index in [-0.39, 0.29) is 35.5 Å². The Morgan fingerprint density at radius 1 is 1.22 bits per heavy atom. The van der Waals surface area contributed by atoms with Crippen LogP contribution >= 0.6 is 11.6 Å². The van der Waals surface area contributed by atoms with E-state index in [0.717, 1.165) is 11.1 Å². The molecule has 3 aromatic rings. The van der Waals surface area contributed by atoms with Crippen molar-refractivity contribution in [2.45, 2.75) is 26.2 Å². The number of anilines is 1. The van der Waals surface area contributed by atoms with Crippen LogP contribution in [0.4, 0.5) is 10.1 Å². The van der Waals surface area contributed by atoms with Crippen LogP contribution in [0.2, 0.25) is 5.02 Å². The molecule has 27 heavy (non-hydrogen) atoms. The Bertz CT molecular complexity index is 1030. The average molecular weight is 386 g/mol. The molecule has 1 unspecified atom stereocenters. The SMILES string of the molecule is Cc1ccc(-c2noc(C3CC(=O)N(c4cccc(Cl)c4F)C3)n2)cc1C. The summed E-state index contributed by atoms with van der Waals surface area (Å²) < 4.78 is 19.7. The molecule has 2 heterocycles. The number of aromatic nitrogens is 2. The topological polar surface area (TPSA) is 59.2 Å². The molecule has 7 heteroatoms. The van der Waals surface area contributed by atoms with Gasteiger partial charge >= 0.3 is 0 Å². The lowest BCUT2D eigenvalue weighted by molar-refractivity contribution is -0.117. The molecule has 0 aliphatic carbocycles. The molecule has 0 N–H and O–H groups in total. The van der Waals surface area contributed by atoms with Gasteiger partial charge in [0.1, 0.15) is 0 Å². The zero-order chi connectivity index (χ0) is 19.1. The van der Waals surface area contributed by atoms with Gasteiger partial charge in [-0.15, -0.1) is 0 Å². The molecule has 4 rings (SSSR count). The zero-order valence-corrected chi connectivity index (χ0v) is 15.6. The summed E-state index contributed by atoms with van der Waals surface area (Å²) in [6.45, 7) is 4.33. The predicted molar refractivity (Wildman–Crippen MR) is 100 cm³/mol. The Morgan fingerprint density at radius 2 is 2.04 bits per heavy atom. The molecular weight excluding hydrogens is 369 g/mol. The number of nitrogens with zero attached hydrogens (tertiary/aromatic N) is 3. The minimum Gasteiger partial charge on any atom is -0.339 e. The van der Waals surface area contributed by atoms with E-state index < -0.39 is 5.82 Å². The lowest BCUT2D eigenvalue weighted by Gasteiger charge is -2.17. The number of halogens is 2. The van der Waals surface area contributed by atoms with E-state index >= 15 is 0 Å². The van der Waals surface area contributed by atoms with Crippen LogP contribution in [-0.4, -0.2) is 22.6 Å². The van der Waals surface area contributed by atoms with Crippen LogP contribution in [0.5, 0.6) is 0 Å². The van der Waals surface area contributed by atoms with Crippen LogP contribution in [-0.2, 0) is 4.79 Å². The van der Waals surface area contributed by atoms with Crippen LogP contribution < -0.4 is 4.90 Å². The van der Waals surface area contributed by atoms with Crippen LogP contribution in [0, 0.1) is 19.7 Å². The highest BCUT2D eigenvalue weighted by molar-refractivity contribution is 6.31. The first-order valence-electron chi connectivity index (χ1n) is 8.59. The van der Waals surface area contributed by atoms with Crippen LogP contribution in [0.25, 0.3) is 11.4 Å². The lowest BCUT2D eigenvalue weighted by Crippen LogP contribution is -2.25. The Hall–Kier alpha value is -2.73. The highest BCUT2D eigenvalue weighted by Crippen LogP contribution is 2.34. The van der Waals surface area contributed by atoms with Crippen molar-refractivity contribution >= 4 is 23.2 Å². The van der Waals surface area contributed by atoms with Crippen molar-refractivity contribution < 1.29 is 13.7 Å². The minimum atomic E-state index is -0.602. The van der Waals surface area contributed by atoms with Crippen molar-refractivity contribution in [2.75, 3.05) is 11.4 Å². The second-order valence-corrected chi connectivity index (χ2v) is 7.14. The number of carbonyl (C=O) groups is 1. The molecule has 5 nitrogen and oxygen atoms in total. The number of rotatable bonds is 3. The maximum atomic E-state index is 14.3. The van der Waals surface area contributed by atoms with Gasteiger partial charge in [-0.2, -0.15) is 4.98 Å². The first-order chi connectivity index (χ1) is 12.9. The van der Waals surface area contributed by atoms with Crippen molar-refractivity contribution in [1.29, 1.82) is 0 Å². The van der Waals surface area contributed by atoms with Gasteiger partial charge in [0.05, 0.1) is 16.6 Å². The Morgan fingerprint density at radius 3 is 2.81 bits per heavy atom. The van der Waals surface area contributed by atoms with Gasteiger partial charge in [-0.25, -0.2) is 4.39 Å². The van der Waals surface area contributed by atoms with Crippen molar-refractivity contribution in [3.05, 3.63) is 64.3 Å². The monoisotopic (exact) mass is 385 g/mol. The van der Waals surface area contributed by atoms with E-state index in [2.05, 4.69) is 10.1 Å². The summed E-state index contributed by atoms with van der Waals surface area (Å²) in [6.07, 6.45) is 0.181. The quantitative estimate of drug-likeness (QED) is 0.657. The number of hydrogen-bond donors (Lipinski definition) is 0. The van der Waals surface area contributed by atoms with Crippen molar-refractivity contribution in [3.63, 3.8) is 0 Å². The number of hydrogen-bond acceptors (Lipinski definition) is 4. The zero-order valence-electron chi connectivity index (χ0n) is 14.9. The molecule has 0 bridgehead atoms. The van der Waals surface area contributed by atoms with E-state index in [1.54, 1.807) is 6.07 Å². The summed E-state index contributed by atoms with van der Waals surface area (Å²) >= 11 is 5.83. The Labute approximate surface area is 160 Å². The molecule has 1 amide bonds.